The van der Waals surface area contributed by atoms with E-state index in [2.05, 4.69) is 5.10 Å². The molecule has 0 unspecified atom stereocenters. The maximum atomic E-state index is 14.0. The van der Waals surface area contributed by atoms with Crippen molar-refractivity contribution in [3.8, 4) is 5.69 Å². The van der Waals surface area contributed by atoms with Crippen LogP contribution in [0.4, 0.5) is 5.69 Å². The third-order valence-electron chi connectivity index (χ3n) is 6.29. The zero-order valence-electron chi connectivity index (χ0n) is 20.6. The van der Waals surface area contributed by atoms with Gasteiger partial charge >= 0.3 is 5.91 Å². The van der Waals surface area contributed by atoms with Crippen LogP contribution in [-0.4, -0.2) is 21.6 Å². The lowest BCUT2D eigenvalue weighted by Gasteiger charge is -2.14. The zero-order chi connectivity index (χ0) is 25.6. The molecule has 3 heterocycles. The highest BCUT2D eigenvalue weighted by Crippen LogP contribution is 2.35. The molecule has 2 amide bonds. The van der Waals surface area contributed by atoms with Crippen LogP contribution < -0.4 is 15.0 Å². The number of aromatic nitrogens is 3. The van der Waals surface area contributed by atoms with Gasteiger partial charge in [-0.1, -0.05) is 44.2 Å². The van der Waals surface area contributed by atoms with Crippen molar-refractivity contribution >= 4 is 28.8 Å². The van der Waals surface area contributed by atoms with Crippen LogP contribution in [0.1, 0.15) is 42.1 Å². The quantitative estimate of drug-likeness (QED) is 0.345. The number of anilines is 1. The molecule has 36 heavy (non-hydrogen) atoms. The summed E-state index contributed by atoms with van der Waals surface area (Å²) in [5.41, 5.74) is 3.63. The van der Waals surface area contributed by atoms with Gasteiger partial charge in [-0.2, -0.15) is 4.57 Å². The molecule has 1 aliphatic heterocycles. The van der Waals surface area contributed by atoms with Crippen LogP contribution in [0.2, 0.25) is 0 Å². The summed E-state index contributed by atoms with van der Waals surface area (Å²) in [6.07, 6.45) is 3.52. The number of para-hydroxylation sites is 1. The van der Waals surface area contributed by atoms with Crippen molar-refractivity contribution in [3.63, 3.8) is 0 Å². The maximum absolute atomic E-state index is 14.0. The summed E-state index contributed by atoms with van der Waals surface area (Å²) in [6.45, 7) is 7.71. The number of aromatic amines is 1. The molecule has 180 valence electrons. The SMILES string of the molecule is Cc1cccc(N2C(=O)C(c3c(C(C)C)[nH]n(-c4ccccc4)c3=O)=C([n+]3cccc(C)c3)C2=O)c1. The van der Waals surface area contributed by atoms with E-state index in [1.54, 1.807) is 35.2 Å². The standard InChI is InChI=1S/C29H26N4O3/c1-18(2)25-23(28(35)33(30-25)21-12-6-5-7-13-21)24-26(31-15-9-11-20(4)17-31)29(36)32(27(24)34)22-14-8-10-19(3)16-22/h5-18H,1-4H3/p+1. The van der Waals surface area contributed by atoms with Crippen LogP contribution in [0.5, 0.6) is 0 Å². The summed E-state index contributed by atoms with van der Waals surface area (Å²) in [5.74, 6) is -1.10. The Bertz CT molecular complexity index is 1590. The largest absolute Gasteiger partial charge is 0.331 e. The van der Waals surface area contributed by atoms with Gasteiger partial charge in [-0.3, -0.25) is 19.5 Å². The lowest BCUT2D eigenvalue weighted by atomic mass is 9.98. The van der Waals surface area contributed by atoms with Crippen molar-refractivity contribution in [2.45, 2.75) is 33.6 Å². The van der Waals surface area contributed by atoms with Crippen molar-refractivity contribution in [2.75, 3.05) is 4.90 Å². The van der Waals surface area contributed by atoms with E-state index < -0.39 is 11.8 Å². The molecule has 7 nitrogen and oxygen atoms in total. The number of aryl methyl sites for hydroxylation is 2. The number of hydrogen-bond donors (Lipinski definition) is 1. The first kappa shape index (κ1) is 23.2. The Morgan fingerprint density at radius 3 is 2.17 bits per heavy atom. The fourth-order valence-corrected chi connectivity index (χ4v) is 4.59. The van der Waals surface area contributed by atoms with Crippen LogP contribution in [0.3, 0.4) is 0 Å². The van der Waals surface area contributed by atoms with Gasteiger partial charge in [0.15, 0.2) is 12.4 Å². The van der Waals surface area contributed by atoms with Crippen molar-refractivity contribution in [1.29, 1.82) is 0 Å². The Kier molecular flexibility index (Phi) is 5.76. The molecule has 0 radical (unpaired) electrons. The molecule has 1 aliphatic rings. The highest BCUT2D eigenvalue weighted by Gasteiger charge is 2.48. The number of carbonyl (C=O) groups is 2. The Morgan fingerprint density at radius 1 is 0.806 bits per heavy atom. The van der Waals surface area contributed by atoms with Crippen LogP contribution in [0.25, 0.3) is 17.0 Å². The van der Waals surface area contributed by atoms with E-state index in [0.29, 0.717) is 17.1 Å². The fourth-order valence-electron chi connectivity index (χ4n) is 4.59. The Balaban J connectivity index is 1.82. The molecule has 0 aliphatic carbocycles. The first-order valence-corrected chi connectivity index (χ1v) is 11.9. The second kappa shape index (κ2) is 8.92. The normalized spacial score (nSPS) is 13.9. The lowest BCUT2D eigenvalue weighted by Crippen LogP contribution is -2.39. The van der Waals surface area contributed by atoms with Crippen LogP contribution in [-0.2, 0) is 9.59 Å². The number of carbonyl (C=O) groups excluding carboxylic acids is 2. The van der Waals surface area contributed by atoms with E-state index in [-0.39, 0.29) is 28.3 Å². The number of imide groups is 1. The van der Waals surface area contributed by atoms with Crippen LogP contribution in [0, 0.1) is 13.8 Å². The average molecular weight is 480 g/mol. The third kappa shape index (κ3) is 3.79. The van der Waals surface area contributed by atoms with Gasteiger partial charge in [-0.15, -0.1) is 0 Å². The molecular weight excluding hydrogens is 452 g/mol. The van der Waals surface area contributed by atoms with Crippen molar-refractivity contribution < 1.29 is 14.2 Å². The molecule has 0 fully saturated rings. The predicted octanol–water partition coefficient (Wildman–Crippen LogP) is 4.14. The molecule has 7 heteroatoms. The highest BCUT2D eigenvalue weighted by atomic mass is 16.2. The summed E-state index contributed by atoms with van der Waals surface area (Å²) >= 11 is 0. The molecule has 1 N–H and O–H groups in total. The fraction of sp³-hybridized carbons (Fsp3) is 0.172. The molecular formula is C29H27N4O3+. The molecule has 4 aromatic rings. The average Bonchev–Trinajstić information content (AvgIpc) is 3.32. The van der Waals surface area contributed by atoms with Crippen LogP contribution >= 0.6 is 0 Å². The number of H-pyrrole nitrogens is 1. The summed E-state index contributed by atoms with van der Waals surface area (Å²) in [7, 11) is 0. The van der Waals surface area contributed by atoms with Gasteiger partial charge in [-0.05, 0) is 55.7 Å². The number of pyridine rings is 1. The number of nitrogens with zero attached hydrogens (tertiary/aromatic N) is 3. The minimum atomic E-state index is -0.521. The Labute approximate surface area is 208 Å². The summed E-state index contributed by atoms with van der Waals surface area (Å²) in [5, 5.41) is 3.20. The Morgan fingerprint density at radius 2 is 1.50 bits per heavy atom. The lowest BCUT2D eigenvalue weighted by molar-refractivity contribution is -0.577. The number of nitrogens with one attached hydrogen (secondary N) is 1. The van der Waals surface area contributed by atoms with Gasteiger partial charge in [0.2, 0.25) is 0 Å². The minimum absolute atomic E-state index is 0.0942. The van der Waals surface area contributed by atoms with E-state index in [4.69, 9.17) is 0 Å². The third-order valence-corrected chi connectivity index (χ3v) is 6.29. The minimum Gasteiger partial charge on any atom is -0.294 e. The van der Waals surface area contributed by atoms with E-state index in [9.17, 15) is 14.4 Å². The molecule has 0 atom stereocenters. The number of rotatable bonds is 5. The summed E-state index contributed by atoms with van der Waals surface area (Å²) < 4.78 is 3.08. The van der Waals surface area contributed by atoms with Gasteiger partial charge in [0.1, 0.15) is 5.57 Å². The van der Waals surface area contributed by atoms with Gasteiger partial charge < -0.3 is 0 Å². The van der Waals surface area contributed by atoms with E-state index in [1.165, 1.54) is 4.68 Å². The van der Waals surface area contributed by atoms with Crippen LogP contribution in [0.15, 0.2) is 83.9 Å². The Hall–Kier alpha value is -4.52. The van der Waals surface area contributed by atoms with E-state index in [0.717, 1.165) is 16.0 Å². The van der Waals surface area contributed by atoms with Crippen molar-refractivity contribution in [2.24, 2.45) is 0 Å². The monoisotopic (exact) mass is 479 g/mol. The highest BCUT2D eigenvalue weighted by molar-refractivity contribution is 6.53. The van der Waals surface area contributed by atoms with Gasteiger partial charge in [0, 0.05) is 17.3 Å². The topological polar surface area (TPSA) is 79.1 Å². The predicted molar refractivity (Wildman–Crippen MR) is 139 cm³/mol. The maximum Gasteiger partial charge on any atom is 0.331 e. The van der Waals surface area contributed by atoms with Gasteiger partial charge in [-0.25, -0.2) is 9.58 Å². The molecule has 2 aromatic carbocycles. The second-order valence-electron chi connectivity index (χ2n) is 9.33. The first-order chi connectivity index (χ1) is 17.3. The van der Waals surface area contributed by atoms with Crippen molar-refractivity contribution in [3.05, 3.63) is 112 Å². The molecule has 0 saturated heterocycles. The molecule has 0 bridgehead atoms. The smallest absolute Gasteiger partial charge is 0.294 e. The zero-order valence-corrected chi connectivity index (χ0v) is 20.6. The summed E-state index contributed by atoms with van der Waals surface area (Å²) in [6, 6.07) is 20.1. The van der Waals surface area contributed by atoms with Gasteiger partial charge in [0.05, 0.1) is 16.9 Å². The molecule has 5 rings (SSSR count). The molecule has 2 aromatic heterocycles. The number of benzene rings is 2. The molecule has 0 saturated carbocycles. The summed E-state index contributed by atoms with van der Waals surface area (Å²) in [4.78, 5) is 43.0. The van der Waals surface area contributed by atoms with Crippen molar-refractivity contribution in [1.82, 2.24) is 9.78 Å². The number of hydrogen-bond acceptors (Lipinski definition) is 3. The van der Waals surface area contributed by atoms with E-state index in [1.807, 2.05) is 76.2 Å². The first-order valence-electron chi connectivity index (χ1n) is 11.9. The van der Waals surface area contributed by atoms with Gasteiger partial charge in [0.25, 0.3) is 17.2 Å². The number of amides is 2. The van der Waals surface area contributed by atoms with E-state index >= 15 is 0 Å². The molecule has 0 spiro atoms. The second-order valence-corrected chi connectivity index (χ2v) is 9.33.